The lowest BCUT2D eigenvalue weighted by Crippen LogP contribution is -2.49. The van der Waals surface area contributed by atoms with Crippen LogP contribution in [0.1, 0.15) is 37.7 Å². The first kappa shape index (κ1) is 22.6. The molecule has 0 saturated heterocycles. The van der Waals surface area contributed by atoms with E-state index in [9.17, 15) is 0 Å². The molecule has 1 atom stereocenters. The number of benzene rings is 2. The molecule has 0 amide bonds. The first-order chi connectivity index (χ1) is 16.2. The standard InChI is InChI=1S/C30H35O2S/c1-3-4-5-9-14-33(28-10-7-6-8-11-28)29-13-12-27(15-22(29)2)31-21-32-30-25-17-23-16-24(19-25)20-26(30)18-23/h3-15,23-26,30H,1,16-21H2,2H3/q+1/b5-4-,14-9+. The third kappa shape index (κ3) is 5.15. The van der Waals surface area contributed by atoms with Crippen molar-refractivity contribution in [1.29, 1.82) is 0 Å². The van der Waals surface area contributed by atoms with Crippen molar-refractivity contribution in [3.63, 3.8) is 0 Å². The van der Waals surface area contributed by atoms with Gasteiger partial charge in [-0.15, -0.1) is 0 Å². The van der Waals surface area contributed by atoms with Crippen LogP contribution in [0.2, 0.25) is 0 Å². The number of hydrogen-bond donors (Lipinski definition) is 0. The zero-order valence-corrected chi connectivity index (χ0v) is 20.4. The van der Waals surface area contributed by atoms with E-state index in [0.29, 0.717) is 12.9 Å². The molecule has 33 heavy (non-hydrogen) atoms. The number of rotatable bonds is 9. The fourth-order valence-corrected chi connectivity index (χ4v) is 8.28. The van der Waals surface area contributed by atoms with Crippen LogP contribution in [0.3, 0.4) is 0 Å². The van der Waals surface area contributed by atoms with Gasteiger partial charge in [-0.25, -0.2) is 0 Å². The molecular formula is C30H35O2S+. The largest absolute Gasteiger partial charge is 0.468 e. The van der Waals surface area contributed by atoms with Crippen molar-refractivity contribution < 1.29 is 9.47 Å². The van der Waals surface area contributed by atoms with Crippen molar-refractivity contribution in [2.24, 2.45) is 23.7 Å². The van der Waals surface area contributed by atoms with E-state index in [4.69, 9.17) is 9.47 Å². The van der Waals surface area contributed by atoms with Gasteiger partial charge < -0.3 is 9.47 Å². The third-order valence-corrected chi connectivity index (χ3v) is 9.72. The Morgan fingerprint density at radius 2 is 1.64 bits per heavy atom. The monoisotopic (exact) mass is 459 g/mol. The molecule has 2 aromatic carbocycles. The third-order valence-electron chi connectivity index (χ3n) is 7.58. The predicted octanol–water partition coefficient (Wildman–Crippen LogP) is 7.46. The summed E-state index contributed by atoms with van der Waals surface area (Å²) in [6.07, 6.45) is 15.3. The van der Waals surface area contributed by atoms with Crippen LogP contribution in [0, 0.1) is 30.6 Å². The maximum absolute atomic E-state index is 6.34. The molecule has 6 rings (SSSR count). The van der Waals surface area contributed by atoms with Crippen molar-refractivity contribution in [2.75, 3.05) is 6.79 Å². The van der Waals surface area contributed by atoms with Crippen molar-refractivity contribution in [3.8, 4) is 5.75 Å². The summed E-state index contributed by atoms with van der Waals surface area (Å²) in [6, 6.07) is 17.2. The Balaban J connectivity index is 1.24. The summed E-state index contributed by atoms with van der Waals surface area (Å²) >= 11 is 0. The van der Waals surface area contributed by atoms with E-state index in [1.54, 1.807) is 6.08 Å². The second-order valence-corrected chi connectivity index (χ2v) is 11.7. The summed E-state index contributed by atoms with van der Waals surface area (Å²) in [5.74, 6) is 4.38. The summed E-state index contributed by atoms with van der Waals surface area (Å²) in [5, 5.41) is 2.27. The molecule has 0 heterocycles. The fourth-order valence-electron chi connectivity index (χ4n) is 6.40. The molecule has 2 aromatic rings. The molecule has 0 N–H and O–H groups in total. The molecular weight excluding hydrogens is 424 g/mol. The van der Waals surface area contributed by atoms with Gasteiger partial charge in [-0.1, -0.05) is 43.0 Å². The van der Waals surface area contributed by atoms with Crippen molar-refractivity contribution in [3.05, 3.63) is 90.4 Å². The minimum absolute atomic E-state index is 0.140. The summed E-state index contributed by atoms with van der Waals surface area (Å²) in [4.78, 5) is 2.63. The molecule has 0 spiro atoms. The van der Waals surface area contributed by atoms with Gasteiger partial charge in [-0.3, -0.25) is 0 Å². The van der Waals surface area contributed by atoms with Crippen LogP contribution in [0.4, 0.5) is 0 Å². The topological polar surface area (TPSA) is 18.5 Å². The van der Waals surface area contributed by atoms with E-state index < -0.39 is 0 Å². The molecule has 4 saturated carbocycles. The van der Waals surface area contributed by atoms with Gasteiger partial charge >= 0.3 is 0 Å². The lowest BCUT2D eigenvalue weighted by atomic mass is 9.55. The van der Waals surface area contributed by atoms with Crippen LogP contribution in [0.15, 0.2) is 94.6 Å². The van der Waals surface area contributed by atoms with E-state index >= 15 is 0 Å². The van der Waals surface area contributed by atoms with Crippen LogP contribution < -0.4 is 4.74 Å². The Bertz CT molecular complexity index is 981. The lowest BCUT2D eigenvalue weighted by molar-refractivity contribution is -0.155. The minimum Gasteiger partial charge on any atom is -0.468 e. The van der Waals surface area contributed by atoms with Crippen LogP contribution in [-0.2, 0) is 15.6 Å². The molecule has 0 aromatic heterocycles. The van der Waals surface area contributed by atoms with Crippen LogP contribution in [-0.4, -0.2) is 12.9 Å². The number of ether oxygens (including phenoxy) is 2. The smallest absolute Gasteiger partial charge is 0.189 e. The molecule has 172 valence electrons. The maximum atomic E-state index is 6.34. The molecule has 4 aliphatic carbocycles. The van der Waals surface area contributed by atoms with Gasteiger partial charge in [-0.05, 0) is 99.1 Å². The average molecular weight is 460 g/mol. The van der Waals surface area contributed by atoms with Crippen molar-refractivity contribution in [2.45, 2.75) is 54.9 Å². The van der Waals surface area contributed by atoms with E-state index in [-0.39, 0.29) is 10.9 Å². The van der Waals surface area contributed by atoms with Crippen LogP contribution >= 0.6 is 0 Å². The first-order valence-corrected chi connectivity index (χ1v) is 13.6. The van der Waals surface area contributed by atoms with Gasteiger partial charge in [0.1, 0.15) is 11.2 Å². The second-order valence-electron chi connectivity index (χ2n) is 9.85. The van der Waals surface area contributed by atoms with Gasteiger partial charge in [0.15, 0.2) is 16.6 Å². The molecule has 1 unspecified atom stereocenters. The minimum atomic E-state index is -0.140. The van der Waals surface area contributed by atoms with E-state index in [2.05, 4.69) is 73.5 Å². The van der Waals surface area contributed by atoms with E-state index in [0.717, 1.165) is 29.4 Å². The highest BCUT2D eigenvalue weighted by molar-refractivity contribution is 7.99. The van der Waals surface area contributed by atoms with E-state index in [1.165, 1.54) is 47.5 Å². The summed E-state index contributed by atoms with van der Waals surface area (Å²) in [5.41, 5.74) is 1.24. The first-order valence-electron chi connectivity index (χ1n) is 12.3. The molecule has 4 bridgehead atoms. The van der Waals surface area contributed by atoms with E-state index in [1.807, 2.05) is 12.2 Å². The molecule has 2 nitrogen and oxygen atoms in total. The highest BCUT2D eigenvalue weighted by atomic mass is 32.2. The highest BCUT2D eigenvalue weighted by Gasteiger charge is 2.48. The Hall–Kier alpha value is -2.23. The fraction of sp³-hybridized carbons (Fsp3) is 0.400. The van der Waals surface area contributed by atoms with Crippen LogP contribution in [0.5, 0.6) is 5.75 Å². The normalized spacial score (nSPS) is 29.1. The zero-order chi connectivity index (χ0) is 22.6. The quantitative estimate of drug-likeness (QED) is 0.220. The second kappa shape index (κ2) is 10.4. The van der Waals surface area contributed by atoms with Gasteiger partial charge in [0.2, 0.25) is 0 Å². The Labute approximate surface area is 201 Å². The number of aryl methyl sites for hydroxylation is 1. The highest BCUT2D eigenvalue weighted by Crippen LogP contribution is 2.54. The summed E-state index contributed by atoms with van der Waals surface area (Å²) in [7, 11) is -0.140. The number of allylic oxidation sites excluding steroid dienone is 4. The van der Waals surface area contributed by atoms with Crippen molar-refractivity contribution >= 4 is 10.9 Å². The SMILES string of the molecule is C=C/C=C\C=C\[S+](c1ccccc1)c1ccc(OCOC2C3CC4CC(C3)CC2C4)cc1C. The molecule has 4 aliphatic rings. The Morgan fingerprint density at radius 3 is 2.30 bits per heavy atom. The molecule has 3 heteroatoms. The molecule has 4 fully saturated rings. The lowest BCUT2D eigenvalue weighted by Gasteiger charge is -2.53. The average Bonchev–Trinajstić information content (AvgIpc) is 2.82. The Kier molecular flexibility index (Phi) is 7.08. The summed E-state index contributed by atoms with van der Waals surface area (Å²) < 4.78 is 12.4. The van der Waals surface area contributed by atoms with Gasteiger partial charge in [0, 0.05) is 5.56 Å². The molecule has 0 aliphatic heterocycles. The van der Waals surface area contributed by atoms with Gasteiger partial charge in [0.05, 0.1) is 17.0 Å². The van der Waals surface area contributed by atoms with Gasteiger partial charge in [0.25, 0.3) is 0 Å². The van der Waals surface area contributed by atoms with Gasteiger partial charge in [-0.2, -0.15) is 0 Å². The van der Waals surface area contributed by atoms with Crippen LogP contribution in [0.25, 0.3) is 0 Å². The van der Waals surface area contributed by atoms with Crippen molar-refractivity contribution in [1.82, 2.24) is 0 Å². The zero-order valence-electron chi connectivity index (χ0n) is 19.6. The maximum Gasteiger partial charge on any atom is 0.189 e. The molecule has 0 radical (unpaired) electrons. The predicted molar refractivity (Wildman–Crippen MR) is 137 cm³/mol. The number of hydrogen-bond acceptors (Lipinski definition) is 2. The Morgan fingerprint density at radius 1 is 0.909 bits per heavy atom. The summed E-state index contributed by atoms with van der Waals surface area (Å²) in [6.45, 7) is 6.29.